The van der Waals surface area contributed by atoms with Gasteiger partial charge in [-0.3, -0.25) is 4.79 Å². The van der Waals surface area contributed by atoms with Gasteiger partial charge in [-0.05, 0) is 29.8 Å². The Balaban J connectivity index is 2.40. The monoisotopic (exact) mass is 330 g/mol. The molecule has 0 fully saturated rings. The van der Waals surface area contributed by atoms with Gasteiger partial charge in [0.2, 0.25) is 11.2 Å². The highest BCUT2D eigenvalue weighted by Crippen LogP contribution is 2.36. The zero-order valence-electron chi connectivity index (χ0n) is 12.7. The van der Waals surface area contributed by atoms with Gasteiger partial charge in [-0.2, -0.15) is 0 Å². The van der Waals surface area contributed by atoms with Crippen molar-refractivity contribution >= 4 is 22.6 Å². The van der Waals surface area contributed by atoms with Gasteiger partial charge in [-0.25, -0.2) is 0 Å². The maximum absolute atomic E-state index is 12.9. The van der Waals surface area contributed by atoms with Crippen LogP contribution in [0.2, 0.25) is 5.02 Å². The van der Waals surface area contributed by atoms with Crippen LogP contribution in [0.15, 0.2) is 45.6 Å². The molecule has 0 spiro atoms. The Morgan fingerprint density at radius 2 is 1.87 bits per heavy atom. The highest BCUT2D eigenvalue weighted by atomic mass is 35.5. The van der Waals surface area contributed by atoms with Gasteiger partial charge in [-0.1, -0.05) is 30.7 Å². The van der Waals surface area contributed by atoms with E-state index in [0.29, 0.717) is 28.2 Å². The maximum atomic E-state index is 12.9. The summed E-state index contributed by atoms with van der Waals surface area (Å²) in [6, 6.07) is 10.0. The molecule has 4 nitrogen and oxygen atoms in total. The molecule has 0 radical (unpaired) electrons. The quantitative estimate of drug-likeness (QED) is 0.773. The summed E-state index contributed by atoms with van der Waals surface area (Å²) in [5.41, 5.74) is 1.34. The van der Waals surface area contributed by atoms with Crippen molar-refractivity contribution in [1.82, 2.24) is 0 Å². The first-order valence-electron chi connectivity index (χ1n) is 7.18. The smallest absolute Gasteiger partial charge is 0.204 e. The molecule has 0 unspecified atom stereocenters. The van der Waals surface area contributed by atoms with Crippen molar-refractivity contribution in [3.63, 3.8) is 0 Å². The van der Waals surface area contributed by atoms with Gasteiger partial charge in [0.25, 0.3) is 0 Å². The van der Waals surface area contributed by atoms with E-state index in [4.69, 9.17) is 20.8 Å². The minimum absolute atomic E-state index is 0.0653. The summed E-state index contributed by atoms with van der Waals surface area (Å²) < 4.78 is 11.1. The second-order valence-electron chi connectivity index (χ2n) is 5.08. The van der Waals surface area contributed by atoms with E-state index >= 15 is 0 Å². The number of phenolic OH excluding ortho intramolecular Hbond substituents is 1. The lowest BCUT2D eigenvalue weighted by Gasteiger charge is -2.12. The van der Waals surface area contributed by atoms with Gasteiger partial charge in [0.1, 0.15) is 5.76 Å². The fraction of sp³-hybridized carbons (Fsp3) is 0.167. The van der Waals surface area contributed by atoms with Crippen LogP contribution in [0.5, 0.6) is 11.5 Å². The summed E-state index contributed by atoms with van der Waals surface area (Å²) in [5.74, 6) is 0.634. The molecule has 0 saturated carbocycles. The van der Waals surface area contributed by atoms with E-state index in [0.717, 1.165) is 5.56 Å². The van der Waals surface area contributed by atoms with Crippen molar-refractivity contribution in [2.24, 2.45) is 0 Å². The Kier molecular flexibility index (Phi) is 4.01. The number of aromatic hydroxyl groups is 1. The highest BCUT2D eigenvalue weighted by molar-refractivity contribution is 6.30. The second-order valence-corrected chi connectivity index (χ2v) is 5.52. The number of fused-ring (bicyclic) bond motifs is 1. The van der Waals surface area contributed by atoms with Gasteiger partial charge in [0, 0.05) is 11.4 Å². The molecule has 3 aromatic rings. The van der Waals surface area contributed by atoms with Crippen LogP contribution in [0.25, 0.3) is 22.1 Å². The molecule has 0 saturated heterocycles. The van der Waals surface area contributed by atoms with Crippen LogP contribution in [-0.2, 0) is 6.42 Å². The number of aryl methyl sites for hydroxylation is 1. The zero-order chi connectivity index (χ0) is 16.6. The van der Waals surface area contributed by atoms with Gasteiger partial charge in [0.05, 0.1) is 18.1 Å². The minimum atomic E-state index is -0.163. The first-order valence-corrected chi connectivity index (χ1v) is 7.56. The molecule has 0 aliphatic heterocycles. The molecule has 0 aliphatic rings. The minimum Gasteiger partial charge on any atom is -0.504 e. The van der Waals surface area contributed by atoms with Crippen LogP contribution in [0.1, 0.15) is 12.7 Å². The van der Waals surface area contributed by atoms with Crippen LogP contribution in [0, 0.1) is 0 Å². The van der Waals surface area contributed by atoms with Gasteiger partial charge in [-0.15, -0.1) is 0 Å². The summed E-state index contributed by atoms with van der Waals surface area (Å²) in [7, 11) is 1.42. The Morgan fingerprint density at radius 1 is 1.17 bits per heavy atom. The van der Waals surface area contributed by atoms with Crippen molar-refractivity contribution in [3.05, 3.63) is 57.4 Å². The molecule has 0 bridgehead atoms. The number of benzene rings is 2. The highest BCUT2D eigenvalue weighted by Gasteiger charge is 2.19. The van der Waals surface area contributed by atoms with Crippen LogP contribution >= 0.6 is 11.6 Å². The van der Waals surface area contributed by atoms with Gasteiger partial charge in [0.15, 0.2) is 11.3 Å². The molecule has 23 heavy (non-hydrogen) atoms. The first kappa shape index (κ1) is 15.4. The molecule has 1 heterocycles. The molecule has 1 aromatic heterocycles. The first-order chi connectivity index (χ1) is 11.1. The van der Waals surface area contributed by atoms with Crippen LogP contribution in [-0.4, -0.2) is 12.2 Å². The van der Waals surface area contributed by atoms with Crippen LogP contribution in [0.3, 0.4) is 0 Å². The van der Waals surface area contributed by atoms with Crippen LogP contribution in [0.4, 0.5) is 0 Å². The topological polar surface area (TPSA) is 59.7 Å². The summed E-state index contributed by atoms with van der Waals surface area (Å²) in [5, 5.41) is 10.8. The zero-order valence-corrected chi connectivity index (χ0v) is 13.5. The van der Waals surface area contributed by atoms with E-state index in [1.165, 1.54) is 19.2 Å². The molecular formula is C18H15ClO4. The van der Waals surface area contributed by atoms with Crippen molar-refractivity contribution in [3.8, 4) is 22.6 Å². The third-order valence-corrected chi connectivity index (χ3v) is 3.98. The maximum Gasteiger partial charge on any atom is 0.204 e. The van der Waals surface area contributed by atoms with Crippen molar-refractivity contribution < 1.29 is 14.3 Å². The largest absolute Gasteiger partial charge is 0.504 e. The number of halogens is 1. The standard InChI is InChI=1S/C18H15ClO4/c1-3-14-15(10-4-6-11(19)7-5-10)16(21)12-8-9-13(20)18(22-2)17(12)23-14/h4-9,20H,3H2,1-2H3. The third-order valence-electron chi connectivity index (χ3n) is 3.73. The second kappa shape index (κ2) is 5.97. The summed E-state index contributed by atoms with van der Waals surface area (Å²) in [6.45, 7) is 1.90. The van der Waals surface area contributed by atoms with Crippen molar-refractivity contribution in [2.75, 3.05) is 7.11 Å². The van der Waals surface area contributed by atoms with E-state index < -0.39 is 0 Å². The third kappa shape index (κ3) is 2.55. The summed E-state index contributed by atoms with van der Waals surface area (Å²) in [4.78, 5) is 12.9. The number of phenols is 1. The Bertz CT molecular complexity index is 926. The van der Waals surface area contributed by atoms with Crippen LogP contribution < -0.4 is 10.2 Å². The van der Waals surface area contributed by atoms with E-state index in [9.17, 15) is 9.90 Å². The lowest BCUT2D eigenvalue weighted by Crippen LogP contribution is -2.09. The number of hydrogen-bond donors (Lipinski definition) is 1. The SMILES string of the molecule is CCc1oc2c(OC)c(O)ccc2c(=O)c1-c1ccc(Cl)cc1. The molecule has 0 amide bonds. The predicted octanol–water partition coefficient (Wildman–Crippen LogP) is 4.39. The van der Waals surface area contributed by atoms with E-state index in [1.807, 2.05) is 6.92 Å². The van der Waals surface area contributed by atoms with Crippen molar-refractivity contribution in [2.45, 2.75) is 13.3 Å². The average molecular weight is 331 g/mol. The molecule has 0 atom stereocenters. The number of methoxy groups -OCH3 is 1. The lowest BCUT2D eigenvalue weighted by atomic mass is 10.0. The van der Waals surface area contributed by atoms with Crippen molar-refractivity contribution in [1.29, 1.82) is 0 Å². The number of hydrogen-bond acceptors (Lipinski definition) is 4. The van der Waals surface area contributed by atoms with E-state index in [2.05, 4.69) is 0 Å². The van der Waals surface area contributed by atoms with E-state index in [1.54, 1.807) is 24.3 Å². The molecule has 5 heteroatoms. The summed E-state index contributed by atoms with van der Waals surface area (Å²) >= 11 is 5.92. The molecular weight excluding hydrogens is 316 g/mol. The molecule has 3 rings (SSSR count). The predicted molar refractivity (Wildman–Crippen MR) is 90.5 cm³/mol. The Hall–Kier alpha value is -2.46. The van der Waals surface area contributed by atoms with Gasteiger partial charge < -0.3 is 14.3 Å². The lowest BCUT2D eigenvalue weighted by molar-refractivity contribution is 0.368. The Labute approximate surface area is 137 Å². The molecule has 0 aliphatic carbocycles. The Morgan fingerprint density at radius 3 is 2.48 bits per heavy atom. The average Bonchev–Trinajstić information content (AvgIpc) is 2.55. The van der Waals surface area contributed by atoms with Gasteiger partial charge >= 0.3 is 0 Å². The fourth-order valence-corrected chi connectivity index (χ4v) is 2.75. The van der Waals surface area contributed by atoms with E-state index in [-0.39, 0.29) is 22.5 Å². The fourth-order valence-electron chi connectivity index (χ4n) is 2.62. The number of ether oxygens (including phenoxy) is 1. The summed E-state index contributed by atoms with van der Waals surface area (Å²) in [6.07, 6.45) is 0.530. The molecule has 1 N–H and O–H groups in total. The molecule has 2 aromatic carbocycles. The normalized spacial score (nSPS) is 10.9. The molecule has 118 valence electrons. The number of rotatable bonds is 3.